The van der Waals surface area contributed by atoms with Gasteiger partial charge in [-0.2, -0.15) is 0 Å². The molecule has 8 nitrogen and oxygen atoms in total. The highest BCUT2D eigenvalue weighted by molar-refractivity contribution is 6.34. The van der Waals surface area contributed by atoms with Crippen molar-refractivity contribution in [3.05, 3.63) is 94.5 Å². The van der Waals surface area contributed by atoms with Gasteiger partial charge in [0.1, 0.15) is 23.4 Å². The number of halogens is 1. The van der Waals surface area contributed by atoms with Crippen LogP contribution in [0.5, 0.6) is 5.75 Å². The van der Waals surface area contributed by atoms with Gasteiger partial charge in [-0.1, -0.05) is 86.0 Å². The summed E-state index contributed by atoms with van der Waals surface area (Å²) in [5.41, 5.74) is 1.82. The molecule has 0 saturated heterocycles. The number of carbonyl (C=O) groups is 3. The van der Waals surface area contributed by atoms with Crippen molar-refractivity contribution < 1.29 is 24.2 Å². The van der Waals surface area contributed by atoms with Crippen molar-refractivity contribution in [1.29, 1.82) is 0 Å². The number of hydrogen-bond acceptors (Lipinski definition) is 5. The van der Waals surface area contributed by atoms with E-state index in [0.717, 1.165) is 18.4 Å². The van der Waals surface area contributed by atoms with Crippen LogP contribution in [0.15, 0.2) is 72.8 Å². The molecule has 0 aliphatic rings. The Labute approximate surface area is 259 Å². The summed E-state index contributed by atoms with van der Waals surface area (Å²) < 4.78 is 5.50. The molecule has 9 heteroatoms. The highest BCUT2D eigenvalue weighted by atomic mass is 35.5. The molecule has 0 spiro atoms. The van der Waals surface area contributed by atoms with Gasteiger partial charge in [0.2, 0.25) is 5.91 Å². The van der Waals surface area contributed by atoms with Crippen LogP contribution in [0.3, 0.4) is 0 Å². The second kappa shape index (κ2) is 15.4. The topological polar surface area (TPSA) is 108 Å². The maximum atomic E-state index is 14.5. The Morgan fingerprint density at radius 3 is 2.23 bits per heavy atom. The number of carbonyl (C=O) groups excluding carboxylic acids is 3. The molecule has 0 aliphatic carbocycles. The minimum atomic E-state index is -1.05. The average molecular weight is 608 g/mol. The zero-order chi connectivity index (χ0) is 31.6. The molecule has 2 atom stereocenters. The zero-order valence-corrected chi connectivity index (χ0v) is 26.3. The van der Waals surface area contributed by atoms with Gasteiger partial charge in [0, 0.05) is 13.0 Å². The number of phenols is 1. The Morgan fingerprint density at radius 1 is 0.953 bits per heavy atom. The number of aryl methyl sites for hydroxylation is 1. The third-order valence-electron chi connectivity index (χ3n) is 6.80. The van der Waals surface area contributed by atoms with Crippen LogP contribution >= 0.6 is 11.6 Å². The summed E-state index contributed by atoms with van der Waals surface area (Å²) in [7, 11) is 0. The average Bonchev–Trinajstić information content (AvgIpc) is 2.94. The first-order valence-electron chi connectivity index (χ1n) is 14.6. The molecule has 0 saturated carbocycles. The summed E-state index contributed by atoms with van der Waals surface area (Å²) in [6, 6.07) is 18.8. The predicted octanol–water partition coefficient (Wildman–Crippen LogP) is 7.19. The standard InChI is InChI=1S/C34H42ClN3O5/c1-6-7-11-21-38(30(25-14-9-8-10-15-25)31(40)37-29-23(2)13-12-16-27(29)35)32(41)28(36-33(42)43-34(3,4)5)22-24-17-19-26(39)20-18-24/h8-10,12-20,28,30,39H,6-7,11,21-22H2,1-5H3,(H,36,42)(H,37,40). The van der Waals surface area contributed by atoms with Crippen LogP contribution in [0.25, 0.3) is 0 Å². The summed E-state index contributed by atoms with van der Waals surface area (Å²) in [4.78, 5) is 43.1. The number of unbranched alkanes of at least 4 members (excludes halogenated alkanes) is 2. The highest BCUT2D eigenvalue weighted by Gasteiger charge is 2.36. The molecule has 3 N–H and O–H groups in total. The molecule has 43 heavy (non-hydrogen) atoms. The number of nitrogens with zero attached hydrogens (tertiary/aromatic N) is 1. The van der Waals surface area contributed by atoms with E-state index in [4.69, 9.17) is 16.3 Å². The van der Waals surface area contributed by atoms with Crippen molar-refractivity contribution >= 4 is 35.2 Å². The van der Waals surface area contributed by atoms with E-state index in [0.29, 0.717) is 28.3 Å². The number of phenolic OH excluding ortho intramolecular Hbond substituents is 1. The van der Waals surface area contributed by atoms with E-state index in [2.05, 4.69) is 17.6 Å². The predicted molar refractivity (Wildman–Crippen MR) is 170 cm³/mol. The van der Waals surface area contributed by atoms with E-state index < -0.39 is 35.6 Å². The molecule has 0 aliphatic heterocycles. The van der Waals surface area contributed by atoms with Gasteiger partial charge in [-0.15, -0.1) is 0 Å². The monoisotopic (exact) mass is 607 g/mol. The Hall–Kier alpha value is -4.04. The molecule has 230 valence electrons. The maximum Gasteiger partial charge on any atom is 0.408 e. The number of aromatic hydroxyl groups is 1. The number of ether oxygens (including phenoxy) is 1. The fraction of sp³-hybridized carbons (Fsp3) is 0.382. The van der Waals surface area contributed by atoms with Crippen molar-refractivity contribution in [3.63, 3.8) is 0 Å². The van der Waals surface area contributed by atoms with E-state index >= 15 is 0 Å². The van der Waals surface area contributed by atoms with Crippen LogP contribution in [-0.4, -0.2) is 46.1 Å². The molecular weight excluding hydrogens is 566 g/mol. The third-order valence-corrected chi connectivity index (χ3v) is 7.11. The summed E-state index contributed by atoms with van der Waals surface area (Å²) in [5.74, 6) is -0.772. The molecule has 3 aromatic rings. The normalized spacial score (nSPS) is 12.6. The number of benzene rings is 3. The van der Waals surface area contributed by atoms with Crippen molar-refractivity contribution in [2.24, 2.45) is 0 Å². The van der Waals surface area contributed by atoms with Crippen molar-refractivity contribution in [1.82, 2.24) is 10.2 Å². The Bertz CT molecular complexity index is 1350. The maximum absolute atomic E-state index is 14.5. The second-order valence-electron chi connectivity index (χ2n) is 11.5. The van der Waals surface area contributed by atoms with Crippen LogP contribution in [0, 0.1) is 6.92 Å². The van der Waals surface area contributed by atoms with Gasteiger partial charge in [0.15, 0.2) is 0 Å². The lowest BCUT2D eigenvalue weighted by molar-refractivity contribution is -0.140. The molecule has 2 unspecified atom stereocenters. The molecule has 3 rings (SSSR count). The molecular formula is C34H42ClN3O5. The lowest BCUT2D eigenvalue weighted by atomic mass is 9.99. The fourth-order valence-electron chi connectivity index (χ4n) is 4.71. The Balaban J connectivity index is 2.07. The van der Waals surface area contributed by atoms with Crippen LogP contribution in [0.2, 0.25) is 5.02 Å². The fourth-order valence-corrected chi connectivity index (χ4v) is 4.98. The number of anilines is 1. The number of amides is 3. The SMILES string of the molecule is CCCCCN(C(=O)C(Cc1ccc(O)cc1)NC(=O)OC(C)(C)C)C(C(=O)Nc1c(C)cccc1Cl)c1ccccc1. The van der Waals surface area contributed by atoms with E-state index in [9.17, 15) is 19.5 Å². The minimum absolute atomic E-state index is 0.0867. The Kier molecular flexibility index (Phi) is 12.0. The summed E-state index contributed by atoms with van der Waals surface area (Å²) >= 11 is 6.46. The third kappa shape index (κ3) is 10.0. The van der Waals surface area contributed by atoms with Crippen molar-refractivity contribution in [2.45, 2.75) is 78.0 Å². The highest BCUT2D eigenvalue weighted by Crippen LogP contribution is 2.30. The Morgan fingerprint density at radius 2 is 1.63 bits per heavy atom. The van der Waals surface area contributed by atoms with Crippen LogP contribution in [-0.2, 0) is 20.7 Å². The van der Waals surface area contributed by atoms with E-state index in [1.807, 2.05) is 31.2 Å². The summed E-state index contributed by atoms with van der Waals surface area (Å²) in [5, 5.41) is 15.9. The largest absolute Gasteiger partial charge is 0.508 e. The van der Waals surface area contributed by atoms with Crippen LogP contribution < -0.4 is 10.6 Å². The van der Waals surface area contributed by atoms with Gasteiger partial charge < -0.3 is 25.4 Å². The van der Waals surface area contributed by atoms with Crippen molar-refractivity contribution in [2.75, 3.05) is 11.9 Å². The quantitative estimate of drug-likeness (QED) is 0.189. The first kappa shape index (κ1) is 33.5. The molecule has 3 aromatic carbocycles. The van der Waals surface area contributed by atoms with Gasteiger partial charge in [-0.05, 0) is 69.0 Å². The molecule has 0 heterocycles. The van der Waals surface area contributed by atoms with Gasteiger partial charge in [0.25, 0.3) is 5.91 Å². The first-order chi connectivity index (χ1) is 20.4. The van der Waals surface area contributed by atoms with Gasteiger partial charge in [0.05, 0.1) is 10.7 Å². The van der Waals surface area contributed by atoms with Gasteiger partial charge in [-0.3, -0.25) is 9.59 Å². The number of para-hydroxylation sites is 1. The summed E-state index contributed by atoms with van der Waals surface area (Å²) in [6.07, 6.45) is 1.79. The number of nitrogens with one attached hydrogen (secondary N) is 2. The number of alkyl carbamates (subject to hydrolysis) is 1. The van der Waals surface area contributed by atoms with E-state index in [1.54, 1.807) is 57.2 Å². The molecule has 3 amide bonds. The lowest BCUT2D eigenvalue weighted by Crippen LogP contribution is -2.53. The number of hydrogen-bond donors (Lipinski definition) is 3. The molecule has 0 fully saturated rings. The lowest BCUT2D eigenvalue weighted by Gasteiger charge is -2.35. The molecule has 0 bridgehead atoms. The first-order valence-corrected chi connectivity index (χ1v) is 15.0. The van der Waals surface area contributed by atoms with E-state index in [-0.39, 0.29) is 18.7 Å². The van der Waals surface area contributed by atoms with Gasteiger partial charge in [-0.25, -0.2) is 4.79 Å². The smallest absolute Gasteiger partial charge is 0.408 e. The summed E-state index contributed by atoms with van der Waals surface area (Å²) in [6.45, 7) is 9.42. The van der Waals surface area contributed by atoms with E-state index in [1.165, 1.54) is 17.0 Å². The van der Waals surface area contributed by atoms with Crippen molar-refractivity contribution in [3.8, 4) is 5.75 Å². The molecule has 0 radical (unpaired) electrons. The number of rotatable bonds is 12. The minimum Gasteiger partial charge on any atom is -0.508 e. The van der Waals surface area contributed by atoms with Crippen LogP contribution in [0.1, 0.15) is 69.7 Å². The van der Waals surface area contributed by atoms with Gasteiger partial charge >= 0.3 is 6.09 Å². The molecule has 0 aromatic heterocycles. The van der Waals surface area contributed by atoms with Crippen LogP contribution in [0.4, 0.5) is 10.5 Å². The second-order valence-corrected chi connectivity index (χ2v) is 11.9. The zero-order valence-electron chi connectivity index (χ0n) is 25.5.